The van der Waals surface area contributed by atoms with Gasteiger partial charge in [-0.05, 0) is 39.2 Å². The molecule has 5 heteroatoms. The van der Waals surface area contributed by atoms with Gasteiger partial charge in [-0.25, -0.2) is 0 Å². The van der Waals surface area contributed by atoms with Crippen molar-refractivity contribution in [1.29, 1.82) is 0 Å². The normalized spacial score (nSPS) is 40.0. The Labute approximate surface area is 123 Å². The van der Waals surface area contributed by atoms with Gasteiger partial charge in [0.15, 0.2) is 5.78 Å². The van der Waals surface area contributed by atoms with Crippen LogP contribution < -0.4 is 0 Å². The van der Waals surface area contributed by atoms with Crippen LogP contribution in [0.3, 0.4) is 0 Å². The fourth-order valence-electron chi connectivity index (χ4n) is 4.25. The molecule has 3 rings (SSSR count). The van der Waals surface area contributed by atoms with Gasteiger partial charge in [0.1, 0.15) is 11.7 Å². The van der Waals surface area contributed by atoms with Crippen molar-refractivity contribution in [3.63, 3.8) is 0 Å². The lowest BCUT2D eigenvalue weighted by atomic mass is 9.72. The van der Waals surface area contributed by atoms with Gasteiger partial charge in [-0.3, -0.25) is 14.4 Å². The van der Waals surface area contributed by atoms with Gasteiger partial charge in [0, 0.05) is 5.92 Å². The second kappa shape index (κ2) is 4.42. The van der Waals surface area contributed by atoms with Gasteiger partial charge in [0.05, 0.1) is 17.8 Å². The van der Waals surface area contributed by atoms with E-state index in [1.54, 1.807) is 20.8 Å². The highest BCUT2D eigenvalue weighted by atomic mass is 16.6. The first-order chi connectivity index (χ1) is 9.74. The molecule has 3 fully saturated rings. The maximum atomic E-state index is 12.5. The van der Waals surface area contributed by atoms with Crippen molar-refractivity contribution in [2.24, 2.45) is 29.6 Å². The van der Waals surface area contributed by atoms with Gasteiger partial charge in [0.2, 0.25) is 0 Å². The molecule has 6 unspecified atom stereocenters. The smallest absolute Gasteiger partial charge is 0.310 e. The third-order valence-corrected chi connectivity index (χ3v) is 4.82. The van der Waals surface area contributed by atoms with Crippen LogP contribution >= 0.6 is 0 Å². The lowest BCUT2D eigenvalue weighted by molar-refractivity contribution is -0.166. The average Bonchev–Trinajstić information content (AvgIpc) is 2.95. The number of hydrogen-bond acceptors (Lipinski definition) is 5. The standard InChI is InChI=1S/C16H20O5/c1-5-9(17)10-7-6-8-12(14(18)20-13(8)10)11(7)15(19)21-16(2,3)4/h5,7-8,10-13H,1,6H2,2-4H3. The van der Waals surface area contributed by atoms with Crippen molar-refractivity contribution in [3.8, 4) is 0 Å². The van der Waals surface area contributed by atoms with Gasteiger partial charge in [-0.1, -0.05) is 6.58 Å². The molecular weight excluding hydrogens is 272 g/mol. The zero-order chi connectivity index (χ0) is 15.5. The van der Waals surface area contributed by atoms with Crippen LogP contribution in [-0.2, 0) is 23.9 Å². The number of ketones is 1. The second-order valence-corrected chi connectivity index (χ2v) is 7.18. The Morgan fingerprint density at radius 2 is 1.95 bits per heavy atom. The first kappa shape index (κ1) is 14.3. The number of esters is 2. The molecule has 0 aromatic carbocycles. The highest BCUT2D eigenvalue weighted by Crippen LogP contribution is 2.61. The number of allylic oxidation sites excluding steroid dienone is 1. The van der Waals surface area contributed by atoms with Crippen LogP contribution in [0.4, 0.5) is 0 Å². The lowest BCUT2D eigenvalue weighted by Crippen LogP contribution is -2.42. The summed E-state index contributed by atoms with van der Waals surface area (Å²) < 4.78 is 10.8. The van der Waals surface area contributed by atoms with E-state index in [1.807, 2.05) is 0 Å². The van der Waals surface area contributed by atoms with E-state index < -0.39 is 23.4 Å². The Balaban J connectivity index is 1.91. The fraction of sp³-hybridized carbons (Fsp3) is 0.688. The van der Waals surface area contributed by atoms with Crippen molar-refractivity contribution >= 4 is 17.7 Å². The molecule has 6 atom stereocenters. The second-order valence-electron chi connectivity index (χ2n) is 7.18. The van der Waals surface area contributed by atoms with Crippen molar-refractivity contribution in [1.82, 2.24) is 0 Å². The summed E-state index contributed by atoms with van der Waals surface area (Å²) in [6.45, 7) is 8.89. The van der Waals surface area contributed by atoms with E-state index in [2.05, 4.69) is 6.58 Å². The quantitative estimate of drug-likeness (QED) is 0.582. The highest BCUT2D eigenvalue weighted by Gasteiger charge is 2.70. The van der Waals surface area contributed by atoms with Crippen LogP contribution in [0.1, 0.15) is 27.2 Å². The van der Waals surface area contributed by atoms with Crippen molar-refractivity contribution < 1.29 is 23.9 Å². The molecule has 114 valence electrons. The third kappa shape index (κ3) is 2.01. The van der Waals surface area contributed by atoms with E-state index in [-0.39, 0.29) is 35.7 Å². The summed E-state index contributed by atoms with van der Waals surface area (Å²) in [5.41, 5.74) is -0.612. The van der Waals surface area contributed by atoms with Crippen molar-refractivity contribution in [2.45, 2.75) is 38.9 Å². The Kier molecular flexibility index (Phi) is 3.01. The Hall–Kier alpha value is -1.65. The minimum absolute atomic E-state index is 0.0334. The van der Waals surface area contributed by atoms with Crippen LogP contribution in [0.15, 0.2) is 12.7 Å². The van der Waals surface area contributed by atoms with Crippen LogP contribution in [0.25, 0.3) is 0 Å². The molecule has 5 nitrogen and oxygen atoms in total. The van der Waals surface area contributed by atoms with Crippen LogP contribution in [0.2, 0.25) is 0 Å². The summed E-state index contributed by atoms with van der Waals surface area (Å²) in [5.74, 6) is -2.53. The summed E-state index contributed by atoms with van der Waals surface area (Å²) in [7, 11) is 0. The molecule has 3 aliphatic rings. The number of rotatable bonds is 3. The molecule has 1 aliphatic heterocycles. The van der Waals surface area contributed by atoms with E-state index in [9.17, 15) is 14.4 Å². The molecule has 0 N–H and O–H groups in total. The van der Waals surface area contributed by atoms with E-state index in [0.29, 0.717) is 6.42 Å². The molecule has 1 heterocycles. The van der Waals surface area contributed by atoms with Crippen LogP contribution in [-0.4, -0.2) is 29.4 Å². The molecule has 0 aromatic rings. The van der Waals surface area contributed by atoms with E-state index in [4.69, 9.17) is 9.47 Å². The zero-order valence-corrected chi connectivity index (χ0v) is 12.5. The summed E-state index contributed by atoms with van der Waals surface area (Å²) in [6, 6.07) is 0. The summed E-state index contributed by atoms with van der Waals surface area (Å²) >= 11 is 0. The zero-order valence-electron chi connectivity index (χ0n) is 12.5. The summed E-state index contributed by atoms with van der Waals surface area (Å²) in [5, 5.41) is 0. The number of carbonyl (C=O) groups excluding carboxylic acids is 3. The van der Waals surface area contributed by atoms with E-state index in [0.717, 1.165) is 0 Å². The molecule has 0 amide bonds. The third-order valence-electron chi connectivity index (χ3n) is 4.82. The predicted molar refractivity (Wildman–Crippen MR) is 73.0 cm³/mol. The molecule has 21 heavy (non-hydrogen) atoms. The van der Waals surface area contributed by atoms with Gasteiger partial charge in [-0.2, -0.15) is 0 Å². The lowest BCUT2D eigenvalue weighted by Gasteiger charge is -2.31. The largest absolute Gasteiger partial charge is 0.461 e. The Morgan fingerprint density at radius 3 is 2.52 bits per heavy atom. The predicted octanol–water partition coefficient (Wildman–Crippen LogP) is 1.51. The maximum absolute atomic E-state index is 12.5. The Morgan fingerprint density at radius 1 is 1.29 bits per heavy atom. The molecule has 2 bridgehead atoms. The molecule has 2 saturated carbocycles. The van der Waals surface area contributed by atoms with E-state index in [1.165, 1.54) is 6.08 Å². The first-order valence-corrected chi connectivity index (χ1v) is 7.34. The topological polar surface area (TPSA) is 69.7 Å². The average molecular weight is 292 g/mol. The monoisotopic (exact) mass is 292 g/mol. The van der Waals surface area contributed by atoms with Crippen molar-refractivity contribution in [2.75, 3.05) is 0 Å². The highest BCUT2D eigenvalue weighted by molar-refractivity contribution is 5.95. The molecular formula is C16H20O5. The fourth-order valence-corrected chi connectivity index (χ4v) is 4.25. The summed E-state index contributed by atoms with van der Waals surface area (Å²) in [4.78, 5) is 36.6. The Bertz CT molecular complexity index is 529. The van der Waals surface area contributed by atoms with E-state index >= 15 is 0 Å². The van der Waals surface area contributed by atoms with Gasteiger partial charge in [-0.15, -0.1) is 0 Å². The summed E-state index contributed by atoms with van der Waals surface area (Å²) in [6.07, 6.45) is 1.56. The number of ether oxygens (including phenoxy) is 2. The number of hydrogen-bond donors (Lipinski definition) is 0. The molecule has 0 radical (unpaired) electrons. The first-order valence-electron chi connectivity index (χ1n) is 7.34. The van der Waals surface area contributed by atoms with Crippen LogP contribution in [0, 0.1) is 29.6 Å². The molecule has 0 aromatic heterocycles. The van der Waals surface area contributed by atoms with Gasteiger partial charge in [0.25, 0.3) is 0 Å². The minimum atomic E-state index is -0.612. The molecule has 0 spiro atoms. The van der Waals surface area contributed by atoms with Gasteiger partial charge >= 0.3 is 11.9 Å². The maximum Gasteiger partial charge on any atom is 0.310 e. The molecule has 1 saturated heterocycles. The van der Waals surface area contributed by atoms with Crippen LogP contribution in [0.5, 0.6) is 0 Å². The number of fused-ring (bicyclic) bond motifs is 1. The molecule has 2 aliphatic carbocycles. The van der Waals surface area contributed by atoms with Crippen molar-refractivity contribution in [3.05, 3.63) is 12.7 Å². The van der Waals surface area contributed by atoms with Gasteiger partial charge < -0.3 is 9.47 Å². The SMILES string of the molecule is C=CC(=O)C1C2CC3C1OC(=O)C3C2C(=O)OC(C)(C)C. The minimum Gasteiger partial charge on any atom is -0.461 e. The number of carbonyl (C=O) groups is 3.